The third-order valence-corrected chi connectivity index (χ3v) is 5.10. The first-order chi connectivity index (χ1) is 9.70. The van der Waals surface area contributed by atoms with E-state index in [-0.39, 0.29) is 11.7 Å². The monoisotopic (exact) mass is 333 g/mol. The maximum Gasteiger partial charge on any atom is 0.294 e. The van der Waals surface area contributed by atoms with Gasteiger partial charge in [-0.2, -0.15) is 4.31 Å². The maximum absolute atomic E-state index is 11.6. The van der Waals surface area contributed by atoms with E-state index in [1.54, 1.807) is 19.1 Å². The quantitative estimate of drug-likeness (QED) is 0.621. The van der Waals surface area contributed by atoms with Gasteiger partial charge in [-0.3, -0.25) is 10.1 Å². The standard InChI is InChI=1S/C12H16ClN3O4S/c1-9-8-14(5-6-15(9)21(2,19)20)11-4-3-10(13)7-12(11)16(17)18/h3-4,7,9H,5-6,8H2,1-2H3/t9-/m0/s1. The van der Waals surface area contributed by atoms with Crippen molar-refractivity contribution in [3.05, 3.63) is 33.3 Å². The second kappa shape index (κ2) is 5.78. The van der Waals surface area contributed by atoms with E-state index in [9.17, 15) is 18.5 Å². The van der Waals surface area contributed by atoms with Crippen molar-refractivity contribution in [1.29, 1.82) is 0 Å². The summed E-state index contributed by atoms with van der Waals surface area (Å²) < 4.78 is 24.7. The number of nitro groups is 1. The van der Waals surface area contributed by atoms with Crippen molar-refractivity contribution < 1.29 is 13.3 Å². The Morgan fingerprint density at radius 2 is 2.05 bits per heavy atom. The molecule has 1 aromatic carbocycles. The fourth-order valence-corrected chi connectivity index (χ4v) is 3.86. The lowest BCUT2D eigenvalue weighted by molar-refractivity contribution is -0.384. The number of hydrogen-bond acceptors (Lipinski definition) is 5. The molecule has 116 valence electrons. The number of benzene rings is 1. The lowest BCUT2D eigenvalue weighted by atomic mass is 10.2. The fraction of sp³-hybridized carbons (Fsp3) is 0.500. The Morgan fingerprint density at radius 1 is 1.38 bits per heavy atom. The van der Waals surface area contributed by atoms with Crippen LogP contribution in [-0.4, -0.2) is 49.6 Å². The Morgan fingerprint density at radius 3 is 2.57 bits per heavy atom. The molecule has 7 nitrogen and oxygen atoms in total. The largest absolute Gasteiger partial charge is 0.363 e. The first kappa shape index (κ1) is 16.0. The van der Waals surface area contributed by atoms with Crippen molar-refractivity contribution in [2.24, 2.45) is 0 Å². The van der Waals surface area contributed by atoms with Crippen molar-refractivity contribution in [2.75, 3.05) is 30.8 Å². The molecule has 0 aromatic heterocycles. The summed E-state index contributed by atoms with van der Waals surface area (Å²) in [5.41, 5.74) is 0.395. The van der Waals surface area contributed by atoms with Crippen molar-refractivity contribution in [2.45, 2.75) is 13.0 Å². The number of nitrogens with zero attached hydrogens (tertiary/aromatic N) is 3. The second-order valence-electron chi connectivity index (χ2n) is 5.06. The fourth-order valence-electron chi connectivity index (χ4n) is 2.56. The van der Waals surface area contributed by atoms with E-state index in [1.165, 1.54) is 16.6 Å². The summed E-state index contributed by atoms with van der Waals surface area (Å²) in [6.45, 7) is 2.89. The van der Waals surface area contributed by atoms with E-state index in [4.69, 9.17) is 11.6 Å². The molecular formula is C12H16ClN3O4S. The van der Waals surface area contributed by atoms with E-state index in [0.717, 1.165) is 0 Å². The van der Waals surface area contributed by atoms with Crippen molar-refractivity contribution in [1.82, 2.24) is 4.31 Å². The summed E-state index contributed by atoms with van der Waals surface area (Å²) in [5, 5.41) is 11.4. The molecule has 1 heterocycles. The lowest BCUT2D eigenvalue weighted by Gasteiger charge is -2.39. The SMILES string of the molecule is C[C@H]1CN(c2ccc(Cl)cc2[N+](=O)[O-])CCN1S(C)(=O)=O. The van der Waals surface area contributed by atoms with Gasteiger partial charge in [0.1, 0.15) is 5.69 Å². The molecule has 0 unspecified atom stereocenters. The van der Waals surface area contributed by atoms with Crippen LogP contribution in [0.2, 0.25) is 5.02 Å². The van der Waals surface area contributed by atoms with Crippen LogP contribution in [0.3, 0.4) is 0 Å². The van der Waals surface area contributed by atoms with Gasteiger partial charge in [0.15, 0.2) is 0 Å². The third-order valence-electron chi connectivity index (χ3n) is 3.47. The van der Waals surface area contributed by atoms with E-state index < -0.39 is 14.9 Å². The maximum atomic E-state index is 11.6. The van der Waals surface area contributed by atoms with Gasteiger partial charge in [0, 0.05) is 36.8 Å². The first-order valence-electron chi connectivity index (χ1n) is 6.36. The summed E-state index contributed by atoms with van der Waals surface area (Å²) >= 11 is 5.80. The summed E-state index contributed by atoms with van der Waals surface area (Å²) in [5.74, 6) is 0. The molecule has 21 heavy (non-hydrogen) atoms. The van der Waals surface area contributed by atoms with Crippen LogP contribution in [0.25, 0.3) is 0 Å². The Labute approximate surface area is 128 Å². The summed E-state index contributed by atoms with van der Waals surface area (Å²) in [7, 11) is -3.26. The molecule has 1 aliphatic rings. The predicted molar refractivity (Wildman–Crippen MR) is 81.3 cm³/mol. The number of sulfonamides is 1. The smallest absolute Gasteiger partial charge is 0.294 e. The summed E-state index contributed by atoms with van der Waals surface area (Å²) in [6.07, 6.45) is 1.17. The molecule has 2 rings (SSSR count). The minimum atomic E-state index is -3.26. The second-order valence-corrected chi connectivity index (χ2v) is 7.43. The van der Waals surface area contributed by atoms with Gasteiger partial charge in [-0.15, -0.1) is 0 Å². The molecule has 1 saturated heterocycles. The van der Waals surface area contributed by atoms with Crippen LogP contribution in [0.15, 0.2) is 18.2 Å². The van der Waals surface area contributed by atoms with Crippen LogP contribution in [0.4, 0.5) is 11.4 Å². The average Bonchev–Trinajstić information content (AvgIpc) is 2.36. The molecule has 1 aromatic rings. The Balaban J connectivity index is 2.28. The van der Waals surface area contributed by atoms with Crippen LogP contribution in [0, 0.1) is 10.1 Å². The number of hydrogen-bond donors (Lipinski definition) is 0. The van der Waals surface area contributed by atoms with E-state index in [2.05, 4.69) is 0 Å². The third kappa shape index (κ3) is 3.45. The van der Waals surface area contributed by atoms with Gasteiger partial charge in [0.05, 0.1) is 11.2 Å². The van der Waals surface area contributed by atoms with Gasteiger partial charge in [-0.25, -0.2) is 8.42 Å². The average molecular weight is 334 g/mol. The number of rotatable bonds is 3. The number of piperazine rings is 1. The molecule has 0 saturated carbocycles. The minimum Gasteiger partial charge on any atom is -0.363 e. The Hall–Kier alpha value is -1.38. The van der Waals surface area contributed by atoms with Gasteiger partial charge < -0.3 is 4.90 Å². The summed E-state index contributed by atoms with van der Waals surface area (Å²) in [6, 6.07) is 4.26. The highest BCUT2D eigenvalue weighted by Crippen LogP contribution is 2.32. The zero-order valence-electron chi connectivity index (χ0n) is 11.7. The number of nitro benzene ring substituents is 1. The van der Waals surface area contributed by atoms with Crippen LogP contribution < -0.4 is 4.90 Å². The first-order valence-corrected chi connectivity index (χ1v) is 8.58. The van der Waals surface area contributed by atoms with Gasteiger partial charge in [0.25, 0.3) is 5.69 Å². The van der Waals surface area contributed by atoms with Gasteiger partial charge in [-0.05, 0) is 19.1 Å². The highest BCUT2D eigenvalue weighted by atomic mass is 35.5. The van der Waals surface area contributed by atoms with E-state index >= 15 is 0 Å². The highest BCUT2D eigenvalue weighted by molar-refractivity contribution is 7.88. The topological polar surface area (TPSA) is 83.8 Å². The zero-order chi connectivity index (χ0) is 15.8. The van der Waals surface area contributed by atoms with Crippen LogP contribution in [0.5, 0.6) is 0 Å². The molecule has 0 spiro atoms. The van der Waals surface area contributed by atoms with Gasteiger partial charge >= 0.3 is 0 Å². The Kier molecular flexibility index (Phi) is 4.40. The number of halogens is 1. The van der Waals surface area contributed by atoms with Gasteiger partial charge in [-0.1, -0.05) is 11.6 Å². The normalized spacial score (nSPS) is 20.5. The van der Waals surface area contributed by atoms with Gasteiger partial charge in [0.2, 0.25) is 10.0 Å². The minimum absolute atomic E-state index is 0.0671. The molecule has 1 aliphatic heterocycles. The van der Waals surface area contributed by atoms with Crippen LogP contribution in [-0.2, 0) is 10.0 Å². The van der Waals surface area contributed by atoms with Crippen molar-refractivity contribution in [3.63, 3.8) is 0 Å². The lowest BCUT2D eigenvalue weighted by Crippen LogP contribution is -2.53. The Bertz CT molecular complexity index is 664. The van der Waals surface area contributed by atoms with Crippen molar-refractivity contribution >= 4 is 33.0 Å². The molecule has 0 amide bonds. The van der Waals surface area contributed by atoms with E-state index in [0.29, 0.717) is 30.3 Å². The molecule has 1 fully saturated rings. The highest BCUT2D eigenvalue weighted by Gasteiger charge is 2.32. The molecule has 0 bridgehead atoms. The molecule has 0 aliphatic carbocycles. The zero-order valence-corrected chi connectivity index (χ0v) is 13.3. The molecule has 0 radical (unpaired) electrons. The van der Waals surface area contributed by atoms with Crippen molar-refractivity contribution in [3.8, 4) is 0 Å². The molecule has 0 N–H and O–H groups in total. The van der Waals surface area contributed by atoms with E-state index in [1.807, 2.05) is 4.90 Å². The van der Waals surface area contributed by atoms with Crippen LogP contribution in [0.1, 0.15) is 6.92 Å². The molecule has 9 heteroatoms. The number of anilines is 1. The van der Waals surface area contributed by atoms with Crippen LogP contribution >= 0.6 is 11.6 Å². The molecular weight excluding hydrogens is 318 g/mol. The predicted octanol–water partition coefficient (Wildman–Crippen LogP) is 1.72. The molecule has 1 atom stereocenters. The summed E-state index contributed by atoms with van der Waals surface area (Å²) in [4.78, 5) is 12.5.